The monoisotopic (exact) mass is 585 g/mol. The van der Waals surface area contributed by atoms with Crippen LogP contribution < -0.4 is 10.5 Å². The number of unbranched alkanes of at least 4 members (excludes halogenated alkanes) is 3. The van der Waals surface area contributed by atoms with E-state index in [-0.39, 0.29) is 36.5 Å². The maximum Gasteiger partial charge on any atom is 0.242 e. The Labute approximate surface area is 253 Å². The van der Waals surface area contributed by atoms with Gasteiger partial charge in [-0.3, -0.25) is 9.59 Å². The molecule has 1 atom stereocenters. The molecule has 42 heavy (non-hydrogen) atoms. The highest BCUT2D eigenvalue weighted by Gasteiger charge is 2.30. The van der Waals surface area contributed by atoms with E-state index in [1.165, 1.54) is 6.42 Å². The normalized spacial score (nSPS) is 16.3. The Kier molecular flexibility index (Phi) is 13.4. The minimum atomic E-state index is -0.677. The van der Waals surface area contributed by atoms with E-state index in [0.717, 1.165) is 68.4 Å². The minimum absolute atomic E-state index is 0.0269. The van der Waals surface area contributed by atoms with Crippen molar-refractivity contribution in [1.82, 2.24) is 14.7 Å². The number of hydrogen-bond acceptors (Lipinski definition) is 7. The third-order valence-corrected chi connectivity index (χ3v) is 8.39. The van der Waals surface area contributed by atoms with Crippen LogP contribution in [-0.2, 0) is 16.1 Å². The molecule has 0 spiro atoms. The number of carbonyl (C=O) groups excluding carboxylic acids is 2. The number of ether oxygens (including phenoxy) is 1. The zero-order valence-corrected chi connectivity index (χ0v) is 26.7. The van der Waals surface area contributed by atoms with Crippen molar-refractivity contribution < 1.29 is 19.4 Å². The van der Waals surface area contributed by atoms with Crippen LogP contribution >= 0.6 is 0 Å². The second-order valence-corrected chi connectivity index (χ2v) is 12.5. The number of amides is 2. The summed E-state index contributed by atoms with van der Waals surface area (Å²) in [6.45, 7) is 11.4. The molecule has 0 aromatic heterocycles. The number of nitrogens with two attached hydrogens (primary N) is 1. The Balaban J connectivity index is 1.50. The number of aliphatic hydroxyl groups excluding tert-OH is 1. The summed E-state index contributed by atoms with van der Waals surface area (Å²) in [5.41, 5.74) is 7.97. The maximum absolute atomic E-state index is 13.2. The van der Waals surface area contributed by atoms with Gasteiger partial charge in [0.15, 0.2) is 5.96 Å². The van der Waals surface area contributed by atoms with Gasteiger partial charge in [-0.2, -0.15) is 0 Å². The molecule has 0 bridgehead atoms. The standard InChI is InChI=1S/C33H55N5O4/c1-6-7-9-16-30(39)38(27-14-10-8-11-15-27)31(40)17-12-13-20-42-28-18-19-29-26(21-28)22-36(33(34)35-29)23-32(41)37(24(2)3)25(4)5/h18-19,21,24-25,27,30,39H,6-17,20,22-23H2,1-5H3,(H2,34,35). The first kappa shape index (κ1) is 33.7. The summed E-state index contributed by atoms with van der Waals surface area (Å²) in [7, 11) is 0. The molecular formula is C33H55N5O4. The molecule has 0 saturated heterocycles. The molecule has 2 aliphatic rings. The molecule has 1 fully saturated rings. The molecule has 2 amide bonds. The van der Waals surface area contributed by atoms with Crippen LogP contribution in [-0.4, -0.2) is 75.1 Å². The van der Waals surface area contributed by atoms with Crippen LogP contribution in [0, 0.1) is 0 Å². The lowest BCUT2D eigenvalue weighted by Gasteiger charge is -2.38. The number of benzene rings is 1. The van der Waals surface area contributed by atoms with Gasteiger partial charge in [0, 0.05) is 36.7 Å². The molecule has 1 aromatic carbocycles. The fourth-order valence-corrected chi connectivity index (χ4v) is 6.31. The zero-order chi connectivity index (χ0) is 30.6. The first-order valence-electron chi connectivity index (χ1n) is 16.3. The quantitative estimate of drug-likeness (QED) is 0.190. The molecular weight excluding hydrogens is 530 g/mol. The molecule has 1 aliphatic carbocycles. The van der Waals surface area contributed by atoms with Crippen LogP contribution in [0.2, 0.25) is 0 Å². The number of hydrogen-bond donors (Lipinski definition) is 2. The van der Waals surface area contributed by atoms with Crippen molar-refractivity contribution in [2.24, 2.45) is 10.7 Å². The largest absolute Gasteiger partial charge is 0.494 e. The SMILES string of the molecule is CCCCCC(O)N(C(=O)CCCCOc1ccc2c(c1)CN(CC(=O)N(C(C)C)C(C)C)C(N)=N2)C1CCCCC1. The first-order valence-corrected chi connectivity index (χ1v) is 16.3. The van der Waals surface area contributed by atoms with Crippen molar-refractivity contribution in [3.05, 3.63) is 23.8 Å². The molecule has 236 valence electrons. The van der Waals surface area contributed by atoms with Gasteiger partial charge in [0.1, 0.15) is 18.5 Å². The van der Waals surface area contributed by atoms with Crippen molar-refractivity contribution >= 4 is 23.5 Å². The first-order chi connectivity index (χ1) is 20.1. The lowest BCUT2D eigenvalue weighted by Crippen LogP contribution is -2.50. The van der Waals surface area contributed by atoms with E-state index in [9.17, 15) is 14.7 Å². The van der Waals surface area contributed by atoms with E-state index in [2.05, 4.69) is 11.9 Å². The van der Waals surface area contributed by atoms with Crippen LogP contribution in [0.5, 0.6) is 5.75 Å². The van der Waals surface area contributed by atoms with Gasteiger partial charge in [-0.1, -0.05) is 39.0 Å². The van der Waals surface area contributed by atoms with Crippen molar-refractivity contribution in [1.29, 1.82) is 0 Å². The Morgan fingerprint density at radius 2 is 1.76 bits per heavy atom. The molecule has 1 aliphatic heterocycles. The number of carbonyl (C=O) groups is 2. The molecule has 1 aromatic rings. The average Bonchev–Trinajstić information content (AvgIpc) is 2.94. The Bertz CT molecular complexity index is 1030. The summed E-state index contributed by atoms with van der Waals surface area (Å²) in [5, 5.41) is 10.9. The number of rotatable bonds is 16. The number of fused-ring (bicyclic) bond motifs is 1. The highest BCUT2D eigenvalue weighted by atomic mass is 16.5. The van der Waals surface area contributed by atoms with E-state index in [0.29, 0.717) is 38.4 Å². The highest BCUT2D eigenvalue weighted by Crippen LogP contribution is 2.30. The number of guanidine groups is 1. The highest BCUT2D eigenvalue weighted by molar-refractivity contribution is 5.88. The van der Waals surface area contributed by atoms with Crippen molar-refractivity contribution in [2.75, 3.05) is 13.2 Å². The second-order valence-electron chi connectivity index (χ2n) is 12.5. The third kappa shape index (κ3) is 9.61. The van der Waals surface area contributed by atoms with E-state index in [4.69, 9.17) is 10.5 Å². The fraction of sp³-hybridized carbons (Fsp3) is 0.727. The molecule has 9 nitrogen and oxygen atoms in total. The van der Waals surface area contributed by atoms with E-state index in [1.54, 1.807) is 0 Å². The summed E-state index contributed by atoms with van der Waals surface area (Å²) in [6.07, 6.45) is 10.5. The molecule has 0 radical (unpaired) electrons. The van der Waals surface area contributed by atoms with Gasteiger partial charge in [0.25, 0.3) is 0 Å². The predicted molar refractivity (Wildman–Crippen MR) is 168 cm³/mol. The predicted octanol–water partition coefficient (Wildman–Crippen LogP) is 5.70. The third-order valence-electron chi connectivity index (χ3n) is 8.39. The Hall–Kier alpha value is -2.81. The summed E-state index contributed by atoms with van der Waals surface area (Å²) in [4.78, 5) is 36.3. The Morgan fingerprint density at radius 1 is 1.05 bits per heavy atom. The van der Waals surface area contributed by atoms with Gasteiger partial charge >= 0.3 is 0 Å². The zero-order valence-electron chi connectivity index (χ0n) is 26.7. The van der Waals surface area contributed by atoms with Gasteiger partial charge in [-0.25, -0.2) is 4.99 Å². The maximum atomic E-state index is 13.2. The lowest BCUT2D eigenvalue weighted by atomic mass is 9.93. The van der Waals surface area contributed by atoms with Gasteiger partial charge in [0.05, 0.1) is 12.3 Å². The molecule has 1 heterocycles. The average molecular weight is 586 g/mol. The summed E-state index contributed by atoms with van der Waals surface area (Å²) in [6, 6.07) is 6.13. The topological polar surface area (TPSA) is 112 Å². The van der Waals surface area contributed by atoms with Crippen LogP contribution in [0.3, 0.4) is 0 Å². The Morgan fingerprint density at radius 3 is 2.43 bits per heavy atom. The van der Waals surface area contributed by atoms with Crippen LogP contribution in [0.25, 0.3) is 0 Å². The molecule has 3 rings (SSSR count). The van der Waals surface area contributed by atoms with Crippen LogP contribution in [0.4, 0.5) is 5.69 Å². The van der Waals surface area contributed by atoms with Crippen LogP contribution in [0.15, 0.2) is 23.2 Å². The van der Waals surface area contributed by atoms with Crippen molar-refractivity contribution in [2.45, 2.75) is 143 Å². The van der Waals surface area contributed by atoms with E-state index < -0.39 is 6.23 Å². The van der Waals surface area contributed by atoms with Gasteiger partial charge < -0.3 is 30.3 Å². The lowest BCUT2D eigenvalue weighted by molar-refractivity contribution is -0.147. The number of aliphatic imine (C=N–C) groups is 1. The minimum Gasteiger partial charge on any atom is -0.494 e. The second kappa shape index (κ2) is 16.7. The number of nitrogens with zero attached hydrogens (tertiary/aromatic N) is 4. The molecule has 1 saturated carbocycles. The van der Waals surface area contributed by atoms with E-state index >= 15 is 0 Å². The van der Waals surface area contributed by atoms with Gasteiger partial charge in [0.2, 0.25) is 11.8 Å². The fourth-order valence-electron chi connectivity index (χ4n) is 6.31. The summed E-state index contributed by atoms with van der Waals surface area (Å²) >= 11 is 0. The molecule has 1 unspecified atom stereocenters. The van der Waals surface area contributed by atoms with Gasteiger partial charge in [-0.15, -0.1) is 0 Å². The summed E-state index contributed by atoms with van der Waals surface area (Å²) in [5.74, 6) is 1.18. The van der Waals surface area contributed by atoms with Gasteiger partial charge in [-0.05, 0) is 84.4 Å². The van der Waals surface area contributed by atoms with Crippen LogP contribution in [0.1, 0.15) is 117 Å². The molecule has 9 heteroatoms. The van der Waals surface area contributed by atoms with E-state index in [1.807, 2.05) is 60.6 Å². The smallest absolute Gasteiger partial charge is 0.242 e. The van der Waals surface area contributed by atoms with Crippen molar-refractivity contribution in [3.8, 4) is 5.75 Å². The number of aliphatic hydroxyl groups is 1. The molecule has 3 N–H and O–H groups in total. The van der Waals surface area contributed by atoms with Crippen molar-refractivity contribution in [3.63, 3.8) is 0 Å². The summed E-state index contributed by atoms with van der Waals surface area (Å²) < 4.78 is 6.04.